The molecule has 1 fully saturated rings. The van der Waals surface area contributed by atoms with E-state index < -0.39 is 11.7 Å². The van der Waals surface area contributed by atoms with Crippen LogP contribution in [0.2, 0.25) is 0 Å². The number of benzene rings is 2. The van der Waals surface area contributed by atoms with Crippen LogP contribution in [0.15, 0.2) is 48.8 Å². The Balaban J connectivity index is 1.20. The predicted octanol–water partition coefficient (Wildman–Crippen LogP) is 2.86. The maximum Gasteiger partial charge on any atom is 0.262 e. The first-order valence-electron chi connectivity index (χ1n) is 9.59. The number of hydrogen-bond donors (Lipinski definition) is 1. The first kappa shape index (κ1) is 18.4. The summed E-state index contributed by atoms with van der Waals surface area (Å²) in [4.78, 5) is 29.8. The lowest BCUT2D eigenvalue weighted by molar-refractivity contribution is -0.118. The number of carbonyl (C=O) groups excluding carboxylic acids is 2. The second-order valence-corrected chi connectivity index (χ2v) is 7.44. The molecule has 0 unspecified atom stereocenters. The zero-order valence-electron chi connectivity index (χ0n) is 15.9. The first-order chi connectivity index (χ1) is 14.6. The molecule has 0 bridgehead atoms. The molecule has 3 heterocycles. The number of carbonyl (C=O) groups is 2. The summed E-state index contributed by atoms with van der Waals surface area (Å²) in [5.74, 6) is -0.274. The fourth-order valence-corrected chi connectivity index (χ4v) is 3.64. The third-order valence-corrected chi connectivity index (χ3v) is 5.27. The van der Waals surface area contributed by atoms with Crippen LogP contribution >= 0.6 is 0 Å². The Kier molecular flexibility index (Phi) is 4.46. The van der Waals surface area contributed by atoms with Gasteiger partial charge in [0.05, 0.1) is 17.9 Å². The van der Waals surface area contributed by atoms with Crippen molar-refractivity contribution in [1.29, 1.82) is 0 Å². The lowest BCUT2D eigenvalue weighted by Crippen LogP contribution is -2.52. The van der Waals surface area contributed by atoms with Gasteiger partial charge in [0.15, 0.2) is 6.61 Å². The molecule has 152 valence electrons. The van der Waals surface area contributed by atoms with Gasteiger partial charge < -0.3 is 19.7 Å². The van der Waals surface area contributed by atoms with Crippen LogP contribution in [0.1, 0.15) is 10.4 Å². The molecule has 7 nitrogen and oxygen atoms in total. The number of ether oxygens (including phenoxy) is 2. The number of halogens is 1. The number of pyridine rings is 1. The highest BCUT2D eigenvalue weighted by Crippen LogP contribution is 2.32. The molecule has 2 aromatic carbocycles. The predicted molar refractivity (Wildman–Crippen MR) is 107 cm³/mol. The SMILES string of the molecule is O=C1COc2cc(F)c(C(=O)N3CC(COc4ccc5ccncc5c4)C3)cc2N1. The zero-order chi connectivity index (χ0) is 20.7. The van der Waals surface area contributed by atoms with Crippen LogP contribution < -0.4 is 14.8 Å². The minimum absolute atomic E-state index is 0.0825. The van der Waals surface area contributed by atoms with Crippen molar-refractivity contribution in [2.75, 3.05) is 31.6 Å². The number of likely N-dealkylation sites (tertiary alicyclic amines) is 1. The van der Waals surface area contributed by atoms with Crippen LogP contribution in [0, 0.1) is 11.7 Å². The van der Waals surface area contributed by atoms with E-state index in [1.807, 2.05) is 24.3 Å². The van der Waals surface area contributed by atoms with Gasteiger partial charge in [-0.2, -0.15) is 0 Å². The van der Waals surface area contributed by atoms with Gasteiger partial charge in [0.2, 0.25) is 0 Å². The second-order valence-electron chi connectivity index (χ2n) is 7.44. The van der Waals surface area contributed by atoms with E-state index in [2.05, 4.69) is 10.3 Å². The number of nitrogens with zero attached hydrogens (tertiary/aromatic N) is 2. The molecular weight excluding hydrogens is 389 g/mol. The van der Waals surface area contributed by atoms with E-state index in [-0.39, 0.29) is 29.7 Å². The van der Waals surface area contributed by atoms with E-state index >= 15 is 0 Å². The van der Waals surface area contributed by atoms with Crippen molar-refractivity contribution in [3.8, 4) is 11.5 Å². The van der Waals surface area contributed by atoms with Crippen LogP contribution in [0.4, 0.5) is 10.1 Å². The number of aromatic nitrogens is 1. The highest BCUT2D eigenvalue weighted by Gasteiger charge is 2.33. The van der Waals surface area contributed by atoms with Crippen molar-refractivity contribution < 1.29 is 23.5 Å². The second kappa shape index (κ2) is 7.29. The molecule has 2 aliphatic rings. The minimum Gasteiger partial charge on any atom is -0.493 e. The molecule has 0 spiro atoms. The zero-order valence-corrected chi connectivity index (χ0v) is 15.9. The molecular formula is C22H18FN3O4. The van der Waals surface area contributed by atoms with Crippen LogP contribution in [0.5, 0.6) is 11.5 Å². The van der Waals surface area contributed by atoms with Crippen molar-refractivity contribution >= 4 is 28.3 Å². The third-order valence-electron chi connectivity index (χ3n) is 5.27. The van der Waals surface area contributed by atoms with Gasteiger partial charge in [-0.3, -0.25) is 14.6 Å². The molecule has 0 aliphatic carbocycles. The van der Waals surface area contributed by atoms with Crippen LogP contribution in [0.3, 0.4) is 0 Å². The van der Waals surface area contributed by atoms with Crippen LogP contribution in [-0.2, 0) is 4.79 Å². The number of nitrogens with one attached hydrogen (secondary N) is 1. The van der Waals surface area contributed by atoms with Crippen molar-refractivity contribution in [2.45, 2.75) is 0 Å². The fraction of sp³-hybridized carbons (Fsp3) is 0.227. The Morgan fingerprint density at radius 2 is 2.10 bits per heavy atom. The average molecular weight is 407 g/mol. The number of rotatable bonds is 4. The number of anilines is 1. The van der Waals surface area contributed by atoms with Crippen LogP contribution in [0.25, 0.3) is 10.8 Å². The topological polar surface area (TPSA) is 80.8 Å². The average Bonchev–Trinajstić information content (AvgIpc) is 2.72. The van der Waals surface area contributed by atoms with Gasteiger partial charge in [-0.1, -0.05) is 6.07 Å². The largest absolute Gasteiger partial charge is 0.493 e. The Hall–Kier alpha value is -3.68. The number of amides is 2. The molecule has 3 aromatic rings. The maximum atomic E-state index is 14.4. The molecule has 0 saturated carbocycles. The molecule has 0 atom stereocenters. The molecule has 1 aromatic heterocycles. The number of fused-ring (bicyclic) bond motifs is 2. The highest BCUT2D eigenvalue weighted by molar-refractivity contribution is 6.00. The summed E-state index contributed by atoms with van der Waals surface area (Å²) in [6.07, 6.45) is 3.53. The van der Waals surface area contributed by atoms with Crippen molar-refractivity contribution in [3.63, 3.8) is 0 Å². The maximum absolute atomic E-state index is 14.4. The molecule has 2 aliphatic heterocycles. The van der Waals surface area contributed by atoms with Gasteiger partial charge >= 0.3 is 0 Å². The smallest absolute Gasteiger partial charge is 0.262 e. The van der Waals surface area contributed by atoms with E-state index in [1.54, 1.807) is 17.3 Å². The summed E-state index contributed by atoms with van der Waals surface area (Å²) in [7, 11) is 0. The van der Waals surface area contributed by atoms with Crippen molar-refractivity contribution in [2.24, 2.45) is 5.92 Å². The standard InChI is InChI=1S/C22H18FN3O4/c23-18-7-20-19(25-21(27)12-30-20)6-17(18)22(28)26-9-13(10-26)11-29-16-2-1-14-3-4-24-8-15(14)5-16/h1-8,13H,9-12H2,(H,25,27). The molecule has 30 heavy (non-hydrogen) atoms. The molecule has 8 heteroatoms. The molecule has 1 saturated heterocycles. The monoisotopic (exact) mass is 407 g/mol. The van der Waals surface area contributed by atoms with E-state index in [1.165, 1.54) is 6.07 Å². The Bertz CT molecular complexity index is 1160. The van der Waals surface area contributed by atoms with E-state index in [0.29, 0.717) is 25.4 Å². The van der Waals surface area contributed by atoms with E-state index in [9.17, 15) is 14.0 Å². The Labute approximate surface area is 171 Å². The normalized spacial score (nSPS) is 15.8. The molecule has 2 amide bonds. The Morgan fingerprint density at radius 3 is 2.97 bits per heavy atom. The van der Waals surface area contributed by atoms with Crippen molar-refractivity contribution in [3.05, 3.63) is 60.2 Å². The quantitative estimate of drug-likeness (QED) is 0.719. The van der Waals surface area contributed by atoms with Gasteiger partial charge in [0, 0.05) is 42.9 Å². The summed E-state index contributed by atoms with van der Waals surface area (Å²) >= 11 is 0. The minimum atomic E-state index is -0.667. The Morgan fingerprint density at radius 1 is 1.23 bits per heavy atom. The van der Waals surface area contributed by atoms with Crippen molar-refractivity contribution in [1.82, 2.24) is 9.88 Å². The van der Waals surface area contributed by atoms with Gasteiger partial charge in [0.25, 0.3) is 11.8 Å². The molecule has 5 rings (SSSR count). The van der Waals surface area contributed by atoms with E-state index in [0.717, 1.165) is 22.6 Å². The number of hydrogen-bond acceptors (Lipinski definition) is 5. The summed E-state index contributed by atoms with van der Waals surface area (Å²) in [6, 6.07) is 10.2. The fourth-order valence-electron chi connectivity index (χ4n) is 3.64. The lowest BCUT2D eigenvalue weighted by Gasteiger charge is -2.39. The third kappa shape index (κ3) is 3.41. The van der Waals surface area contributed by atoms with Crippen LogP contribution in [-0.4, -0.2) is 48.0 Å². The lowest BCUT2D eigenvalue weighted by atomic mass is 9.99. The molecule has 0 radical (unpaired) electrons. The molecule has 1 N–H and O–H groups in total. The van der Waals surface area contributed by atoms with Gasteiger partial charge in [-0.25, -0.2) is 4.39 Å². The van der Waals surface area contributed by atoms with E-state index in [4.69, 9.17) is 9.47 Å². The van der Waals surface area contributed by atoms with Gasteiger partial charge in [-0.15, -0.1) is 0 Å². The van der Waals surface area contributed by atoms with Gasteiger partial charge in [0.1, 0.15) is 17.3 Å². The summed E-state index contributed by atoms with van der Waals surface area (Å²) in [5, 5.41) is 4.68. The highest BCUT2D eigenvalue weighted by atomic mass is 19.1. The van der Waals surface area contributed by atoms with Gasteiger partial charge in [-0.05, 0) is 29.7 Å². The summed E-state index contributed by atoms with van der Waals surface area (Å²) in [6.45, 7) is 1.26. The first-order valence-corrected chi connectivity index (χ1v) is 9.59. The summed E-state index contributed by atoms with van der Waals surface area (Å²) < 4.78 is 25.4. The summed E-state index contributed by atoms with van der Waals surface area (Å²) in [5.41, 5.74) is 0.225.